The van der Waals surface area contributed by atoms with Crippen LogP contribution in [0, 0.1) is 0 Å². The van der Waals surface area contributed by atoms with Crippen LogP contribution in [0.2, 0.25) is 0 Å². The van der Waals surface area contributed by atoms with Crippen LogP contribution < -0.4 is 10.6 Å². The molecule has 0 radical (unpaired) electrons. The zero-order chi connectivity index (χ0) is 15.8. The van der Waals surface area contributed by atoms with Gasteiger partial charge >= 0.3 is 0 Å². The molecule has 0 aromatic heterocycles. The van der Waals surface area contributed by atoms with Gasteiger partial charge in [0.25, 0.3) is 5.91 Å². The minimum atomic E-state index is -0.134. The van der Waals surface area contributed by atoms with Crippen molar-refractivity contribution in [3.8, 4) is 0 Å². The van der Waals surface area contributed by atoms with Gasteiger partial charge in [-0.25, -0.2) is 0 Å². The molecule has 0 fully saturated rings. The summed E-state index contributed by atoms with van der Waals surface area (Å²) in [5.74, 6) is -0.204. The third-order valence-corrected chi connectivity index (χ3v) is 3.09. The fourth-order valence-electron chi connectivity index (χ4n) is 1.93. The lowest BCUT2D eigenvalue weighted by atomic mass is 10.1. The molecule has 0 saturated carbocycles. The zero-order valence-electron chi connectivity index (χ0n) is 13.3. The fraction of sp³-hybridized carbons (Fsp3) is 0.500. The fourth-order valence-corrected chi connectivity index (χ4v) is 1.93. The van der Waals surface area contributed by atoms with Crippen molar-refractivity contribution in [1.82, 2.24) is 10.2 Å². The first kappa shape index (κ1) is 17.2. The summed E-state index contributed by atoms with van der Waals surface area (Å²) >= 11 is 0. The molecule has 21 heavy (non-hydrogen) atoms. The van der Waals surface area contributed by atoms with E-state index < -0.39 is 0 Å². The highest BCUT2D eigenvalue weighted by atomic mass is 16.2. The van der Waals surface area contributed by atoms with E-state index in [1.807, 2.05) is 32.6 Å². The lowest BCUT2D eigenvalue weighted by Crippen LogP contribution is -2.33. The third kappa shape index (κ3) is 5.95. The summed E-state index contributed by atoms with van der Waals surface area (Å²) in [5, 5.41) is 5.66. The van der Waals surface area contributed by atoms with Crippen LogP contribution in [0.15, 0.2) is 24.3 Å². The van der Waals surface area contributed by atoms with E-state index in [1.165, 1.54) is 0 Å². The highest BCUT2D eigenvalue weighted by Crippen LogP contribution is 2.11. The number of rotatable bonds is 7. The van der Waals surface area contributed by atoms with E-state index in [4.69, 9.17) is 0 Å². The number of anilines is 1. The number of amides is 2. The molecular formula is C16H25N3O2. The summed E-state index contributed by atoms with van der Waals surface area (Å²) in [4.78, 5) is 25.9. The number of nitrogens with zero attached hydrogens (tertiary/aromatic N) is 1. The second-order valence-electron chi connectivity index (χ2n) is 5.22. The second kappa shape index (κ2) is 8.42. The van der Waals surface area contributed by atoms with Gasteiger partial charge in [-0.05, 0) is 45.1 Å². The monoisotopic (exact) mass is 291 g/mol. The number of carbonyl (C=O) groups is 2. The topological polar surface area (TPSA) is 61.4 Å². The minimum Gasteiger partial charge on any atom is -0.350 e. The van der Waals surface area contributed by atoms with Crippen LogP contribution in [0.4, 0.5) is 5.69 Å². The molecule has 116 valence electrons. The number of carbonyl (C=O) groups excluding carboxylic acids is 2. The van der Waals surface area contributed by atoms with Gasteiger partial charge in [-0.3, -0.25) is 14.5 Å². The van der Waals surface area contributed by atoms with Gasteiger partial charge in [0.05, 0.1) is 6.54 Å². The standard InChI is InChI=1S/C16H25N3O2/c1-5-19(6-2)11-15(20)18-14-9-7-8-13(10-14)16(21)17-12(3)4/h7-10,12H,5-6,11H2,1-4H3,(H,17,21)(H,18,20). The molecule has 0 heterocycles. The Kier molecular flexibility index (Phi) is 6.88. The number of hydrogen-bond donors (Lipinski definition) is 2. The van der Waals surface area contributed by atoms with E-state index >= 15 is 0 Å². The maximum atomic E-state index is 11.9. The number of hydrogen-bond acceptors (Lipinski definition) is 3. The Hall–Kier alpha value is -1.88. The number of likely N-dealkylation sites (N-methyl/N-ethyl adjacent to an activating group) is 1. The van der Waals surface area contributed by atoms with Crippen LogP contribution in [0.3, 0.4) is 0 Å². The highest BCUT2D eigenvalue weighted by Gasteiger charge is 2.10. The first-order chi connectivity index (χ1) is 9.96. The average Bonchev–Trinajstić information content (AvgIpc) is 2.44. The lowest BCUT2D eigenvalue weighted by Gasteiger charge is -2.17. The Morgan fingerprint density at radius 2 is 1.86 bits per heavy atom. The van der Waals surface area contributed by atoms with Gasteiger partial charge < -0.3 is 10.6 Å². The summed E-state index contributed by atoms with van der Waals surface area (Å²) in [6.07, 6.45) is 0. The van der Waals surface area contributed by atoms with Crippen LogP contribution in [-0.2, 0) is 4.79 Å². The van der Waals surface area contributed by atoms with Gasteiger partial charge in [-0.2, -0.15) is 0 Å². The average molecular weight is 291 g/mol. The van der Waals surface area contributed by atoms with Crippen molar-refractivity contribution in [3.05, 3.63) is 29.8 Å². The second-order valence-corrected chi connectivity index (χ2v) is 5.22. The summed E-state index contributed by atoms with van der Waals surface area (Å²) < 4.78 is 0. The van der Waals surface area contributed by atoms with Gasteiger partial charge in [0.1, 0.15) is 0 Å². The molecule has 0 bridgehead atoms. The van der Waals surface area contributed by atoms with E-state index in [2.05, 4.69) is 10.6 Å². The first-order valence-electron chi connectivity index (χ1n) is 7.39. The van der Waals surface area contributed by atoms with E-state index in [9.17, 15) is 9.59 Å². The molecule has 0 aliphatic heterocycles. The summed E-state index contributed by atoms with van der Waals surface area (Å²) in [5.41, 5.74) is 1.19. The van der Waals surface area contributed by atoms with E-state index in [0.29, 0.717) is 17.8 Å². The Balaban J connectivity index is 2.68. The van der Waals surface area contributed by atoms with Gasteiger partial charge in [0, 0.05) is 17.3 Å². The van der Waals surface area contributed by atoms with Crippen molar-refractivity contribution in [2.75, 3.05) is 25.0 Å². The molecule has 0 unspecified atom stereocenters. The molecule has 5 nitrogen and oxygen atoms in total. The van der Waals surface area contributed by atoms with E-state index in [0.717, 1.165) is 13.1 Å². The quantitative estimate of drug-likeness (QED) is 0.809. The predicted molar refractivity (Wildman–Crippen MR) is 85.5 cm³/mol. The molecule has 0 atom stereocenters. The zero-order valence-corrected chi connectivity index (χ0v) is 13.3. The summed E-state index contributed by atoms with van der Waals surface area (Å²) in [6, 6.07) is 7.06. The molecule has 0 aliphatic carbocycles. The van der Waals surface area contributed by atoms with Crippen molar-refractivity contribution >= 4 is 17.5 Å². The Labute approximate surface area is 126 Å². The number of nitrogens with one attached hydrogen (secondary N) is 2. The summed E-state index contributed by atoms with van der Waals surface area (Å²) in [7, 11) is 0. The molecule has 2 N–H and O–H groups in total. The van der Waals surface area contributed by atoms with Crippen molar-refractivity contribution in [2.24, 2.45) is 0 Å². The Morgan fingerprint density at radius 1 is 1.19 bits per heavy atom. The summed E-state index contributed by atoms with van der Waals surface area (Å²) in [6.45, 7) is 9.89. The molecule has 0 saturated heterocycles. The lowest BCUT2D eigenvalue weighted by molar-refractivity contribution is -0.117. The third-order valence-electron chi connectivity index (χ3n) is 3.09. The van der Waals surface area contributed by atoms with Crippen LogP contribution in [0.5, 0.6) is 0 Å². The molecule has 1 aromatic rings. The minimum absolute atomic E-state index is 0.0693. The van der Waals surface area contributed by atoms with Crippen LogP contribution in [-0.4, -0.2) is 42.4 Å². The van der Waals surface area contributed by atoms with Crippen molar-refractivity contribution in [3.63, 3.8) is 0 Å². The maximum absolute atomic E-state index is 11.9. The SMILES string of the molecule is CCN(CC)CC(=O)Nc1cccc(C(=O)NC(C)C)c1. The van der Waals surface area contributed by atoms with Gasteiger partial charge in [-0.15, -0.1) is 0 Å². The van der Waals surface area contributed by atoms with E-state index in [-0.39, 0.29) is 17.9 Å². The van der Waals surface area contributed by atoms with Crippen molar-refractivity contribution < 1.29 is 9.59 Å². The van der Waals surface area contributed by atoms with Gasteiger partial charge in [-0.1, -0.05) is 19.9 Å². The van der Waals surface area contributed by atoms with Crippen LogP contribution in [0.1, 0.15) is 38.1 Å². The van der Waals surface area contributed by atoms with Crippen molar-refractivity contribution in [1.29, 1.82) is 0 Å². The first-order valence-corrected chi connectivity index (χ1v) is 7.39. The van der Waals surface area contributed by atoms with Crippen molar-refractivity contribution in [2.45, 2.75) is 33.7 Å². The smallest absolute Gasteiger partial charge is 0.251 e. The Bertz CT molecular complexity index is 482. The molecule has 0 spiro atoms. The van der Waals surface area contributed by atoms with Gasteiger partial charge in [0.2, 0.25) is 5.91 Å². The molecule has 5 heteroatoms. The molecule has 2 amide bonds. The van der Waals surface area contributed by atoms with Gasteiger partial charge in [0.15, 0.2) is 0 Å². The van der Waals surface area contributed by atoms with E-state index in [1.54, 1.807) is 24.3 Å². The number of benzene rings is 1. The predicted octanol–water partition coefficient (Wildman–Crippen LogP) is 2.11. The molecular weight excluding hydrogens is 266 g/mol. The Morgan fingerprint density at radius 3 is 2.43 bits per heavy atom. The highest BCUT2D eigenvalue weighted by molar-refractivity contribution is 5.97. The maximum Gasteiger partial charge on any atom is 0.251 e. The normalized spacial score (nSPS) is 10.8. The van der Waals surface area contributed by atoms with Crippen LogP contribution >= 0.6 is 0 Å². The molecule has 1 rings (SSSR count). The van der Waals surface area contributed by atoms with Crippen LogP contribution in [0.25, 0.3) is 0 Å². The largest absolute Gasteiger partial charge is 0.350 e. The molecule has 0 aliphatic rings. The molecule has 1 aromatic carbocycles.